The molecule has 30 heavy (non-hydrogen) atoms. The Morgan fingerprint density at radius 1 is 0.533 bits per heavy atom. The van der Waals surface area contributed by atoms with Crippen LogP contribution in [0.3, 0.4) is 0 Å². The molecule has 6 aromatic carbocycles. The Morgan fingerprint density at radius 2 is 1.13 bits per heavy atom. The van der Waals surface area contributed by atoms with Crippen molar-refractivity contribution in [3.63, 3.8) is 0 Å². The third kappa shape index (κ3) is 2.84. The lowest BCUT2D eigenvalue weighted by Crippen LogP contribution is -1.91. The zero-order valence-corrected chi connectivity index (χ0v) is 17.8. The molecule has 2 heteroatoms. The highest BCUT2D eigenvalue weighted by Gasteiger charge is 2.12. The summed E-state index contributed by atoms with van der Waals surface area (Å²) in [6, 6.07) is 36.9. The Balaban J connectivity index is 1.48. The highest BCUT2D eigenvalue weighted by molar-refractivity contribution is 9.10. The normalized spacial score (nSPS) is 11.5. The third-order valence-electron chi connectivity index (χ3n) is 5.84. The van der Waals surface area contributed by atoms with E-state index in [4.69, 9.17) is 0 Å². The zero-order valence-electron chi connectivity index (χ0n) is 16.2. The molecule has 0 aromatic heterocycles. The predicted molar refractivity (Wildman–Crippen MR) is 133 cm³/mol. The number of halogens is 1. The maximum absolute atomic E-state index is 3.48. The molecule has 6 aromatic rings. The molecule has 0 aliphatic heterocycles. The first-order valence-electron chi connectivity index (χ1n) is 10.1. The summed E-state index contributed by atoms with van der Waals surface area (Å²) < 4.78 is 1.08. The lowest BCUT2D eigenvalue weighted by atomic mass is 9.89. The van der Waals surface area contributed by atoms with E-state index in [1.807, 2.05) is 12.1 Å². The molecule has 0 bridgehead atoms. The van der Waals surface area contributed by atoms with E-state index in [0.29, 0.717) is 0 Å². The summed E-state index contributed by atoms with van der Waals surface area (Å²) in [5.41, 5.74) is 4.67. The van der Waals surface area contributed by atoms with Crippen LogP contribution in [0.15, 0.2) is 108 Å². The monoisotopic (exact) mass is 447 g/mol. The van der Waals surface area contributed by atoms with Gasteiger partial charge in [0, 0.05) is 15.8 Å². The van der Waals surface area contributed by atoms with Crippen LogP contribution in [0.2, 0.25) is 0 Å². The van der Waals surface area contributed by atoms with Crippen molar-refractivity contribution in [3.8, 4) is 11.1 Å². The lowest BCUT2D eigenvalue weighted by molar-refractivity contribution is 1.53. The summed E-state index contributed by atoms with van der Waals surface area (Å²) in [5, 5.41) is 11.4. The SMILES string of the molecule is Brc1ccc(Nc2ccc(-c3cc4cccc5ccc6cccc3c6c54)cc2)cc1. The van der Waals surface area contributed by atoms with Gasteiger partial charge in [-0.25, -0.2) is 0 Å². The van der Waals surface area contributed by atoms with Crippen LogP contribution >= 0.6 is 15.9 Å². The van der Waals surface area contributed by atoms with Gasteiger partial charge < -0.3 is 5.32 Å². The van der Waals surface area contributed by atoms with Crippen molar-refractivity contribution in [1.82, 2.24) is 0 Å². The van der Waals surface area contributed by atoms with E-state index in [-0.39, 0.29) is 0 Å². The van der Waals surface area contributed by atoms with Crippen LogP contribution in [0.25, 0.3) is 43.4 Å². The molecule has 0 heterocycles. The lowest BCUT2D eigenvalue weighted by Gasteiger charge is -2.15. The first-order valence-corrected chi connectivity index (χ1v) is 10.9. The van der Waals surface area contributed by atoms with E-state index in [1.54, 1.807) is 0 Å². The second-order valence-electron chi connectivity index (χ2n) is 7.68. The molecule has 0 aliphatic carbocycles. The summed E-state index contributed by atoms with van der Waals surface area (Å²) >= 11 is 3.48. The van der Waals surface area contributed by atoms with E-state index < -0.39 is 0 Å². The third-order valence-corrected chi connectivity index (χ3v) is 6.37. The fourth-order valence-corrected chi connectivity index (χ4v) is 4.70. The zero-order chi connectivity index (χ0) is 20.1. The van der Waals surface area contributed by atoms with Gasteiger partial charge in [0.1, 0.15) is 0 Å². The first-order chi connectivity index (χ1) is 14.8. The van der Waals surface area contributed by atoms with Crippen LogP contribution in [-0.2, 0) is 0 Å². The van der Waals surface area contributed by atoms with E-state index in [2.05, 4.69) is 112 Å². The van der Waals surface area contributed by atoms with Gasteiger partial charge in [0.2, 0.25) is 0 Å². The van der Waals surface area contributed by atoms with E-state index in [1.165, 1.54) is 43.4 Å². The number of rotatable bonds is 3. The first kappa shape index (κ1) is 17.5. The molecular formula is C28H18BrN. The van der Waals surface area contributed by atoms with Crippen LogP contribution in [0.4, 0.5) is 11.4 Å². The Bertz CT molecular complexity index is 1500. The Labute approximate surface area is 183 Å². The van der Waals surface area contributed by atoms with Crippen molar-refractivity contribution in [1.29, 1.82) is 0 Å². The molecule has 0 saturated heterocycles. The minimum absolute atomic E-state index is 1.08. The molecule has 0 atom stereocenters. The molecule has 0 spiro atoms. The topological polar surface area (TPSA) is 12.0 Å². The maximum Gasteiger partial charge on any atom is 0.0384 e. The molecule has 1 N–H and O–H groups in total. The Hall–Kier alpha value is -3.36. The molecular weight excluding hydrogens is 430 g/mol. The minimum Gasteiger partial charge on any atom is -0.356 e. The van der Waals surface area contributed by atoms with Gasteiger partial charge in [0.05, 0.1) is 0 Å². The number of nitrogens with one attached hydrogen (secondary N) is 1. The van der Waals surface area contributed by atoms with Gasteiger partial charge in [-0.15, -0.1) is 0 Å². The molecule has 0 aliphatic rings. The molecule has 0 fully saturated rings. The van der Waals surface area contributed by atoms with Crippen LogP contribution in [-0.4, -0.2) is 0 Å². The summed E-state index contributed by atoms with van der Waals surface area (Å²) in [4.78, 5) is 0. The van der Waals surface area contributed by atoms with Crippen molar-refractivity contribution >= 4 is 59.6 Å². The predicted octanol–water partition coefficient (Wildman–Crippen LogP) is 8.76. The van der Waals surface area contributed by atoms with Crippen molar-refractivity contribution in [2.45, 2.75) is 0 Å². The molecule has 142 valence electrons. The van der Waals surface area contributed by atoms with E-state index in [0.717, 1.165) is 15.8 Å². The van der Waals surface area contributed by atoms with Crippen molar-refractivity contribution in [3.05, 3.63) is 108 Å². The molecule has 0 amide bonds. The van der Waals surface area contributed by atoms with Gasteiger partial charge in [-0.2, -0.15) is 0 Å². The molecule has 1 nitrogen and oxygen atoms in total. The van der Waals surface area contributed by atoms with Gasteiger partial charge in [-0.05, 0) is 85.9 Å². The second kappa shape index (κ2) is 6.86. The van der Waals surface area contributed by atoms with Crippen molar-refractivity contribution < 1.29 is 0 Å². The quantitative estimate of drug-likeness (QED) is 0.267. The number of hydrogen-bond donors (Lipinski definition) is 1. The number of hydrogen-bond acceptors (Lipinski definition) is 1. The van der Waals surface area contributed by atoms with Gasteiger partial charge in [0.15, 0.2) is 0 Å². The molecule has 0 saturated carbocycles. The van der Waals surface area contributed by atoms with Gasteiger partial charge in [-0.3, -0.25) is 0 Å². The molecule has 6 rings (SSSR count). The van der Waals surface area contributed by atoms with Crippen molar-refractivity contribution in [2.24, 2.45) is 0 Å². The molecule has 0 unspecified atom stereocenters. The van der Waals surface area contributed by atoms with Crippen LogP contribution in [0, 0.1) is 0 Å². The average Bonchev–Trinajstić information content (AvgIpc) is 2.79. The van der Waals surface area contributed by atoms with Crippen LogP contribution < -0.4 is 5.32 Å². The summed E-state index contributed by atoms with van der Waals surface area (Å²) in [6.07, 6.45) is 0. The second-order valence-corrected chi connectivity index (χ2v) is 8.60. The average molecular weight is 448 g/mol. The highest BCUT2D eigenvalue weighted by Crippen LogP contribution is 2.40. The van der Waals surface area contributed by atoms with Crippen LogP contribution in [0.1, 0.15) is 0 Å². The maximum atomic E-state index is 3.48. The summed E-state index contributed by atoms with van der Waals surface area (Å²) in [6.45, 7) is 0. The number of benzene rings is 6. The van der Waals surface area contributed by atoms with Crippen LogP contribution in [0.5, 0.6) is 0 Å². The number of anilines is 2. The fraction of sp³-hybridized carbons (Fsp3) is 0. The standard InChI is InChI=1S/C28H18BrN/c29-22-11-15-24(16-12-22)30-23-13-9-18(10-14-23)26-17-21-5-1-3-19-7-8-20-4-2-6-25(26)28(20)27(19)21/h1-17,30H. The van der Waals surface area contributed by atoms with E-state index in [9.17, 15) is 0 Å². The van der Waals surface area contributed by atoms with Crippen molar-refractivity contribution in [2.75, 3.05) is 5.32 Å². The highest BCUT2D eigenvalue weighted by atomic mass is 79.9. The fourth-order valence-electron chi connectivity index (χ4n) is 4.43. The summed E-state index contributed by atoms with van der Waals surface area (Å²) in [7, 11) is 0. The van der Waals surface area contributed by atoms with Gasteiger partial charge in [0.25, 0.3) is 0 Å². The van der Waals surface area contributed by atoms with E-state index >= 15 is 0 Å². The minimum atomic E-state index is 1.08. The smallest absolute Gasteiger partial charge is 0.0384 e. The molecule has 0 radical (unpaired) electrons. The van der Waals surface area contributed by atoms with Gasteiger partial charge >= 0.3 is 0 Å². The Morgan fingerprint density at radius 3 is 1.87 bits per heavy atom. The van der Waals surface area contributed by atoms with Gasteiger partial charge in [-0.1, -0.05) is 76.6 Å². The largest absolute Gasteiger partial charge is 0.356 e. The summed E-state index contributed by atoms with van der Waals surface area (Å²) in [5.74, 6) is 0. The Kier molecular flexibility index (Phi) is 4.00.